The van der Waals surface area contributed by atoms with E-state index in [-0.39, 0.29) is 11.8 Å². The molecule has 1 aliphatic rings. The molecular weight excluding hydrogens is 372 g/mol. The second-order valence-electron chi connectivity index (χ2n) is 7.93. The largest absolute Gasteiger partial charge is 0.342 e. The first kappa shape index (κ1) is 21.6. The van der Waals surface area contributed by atoms with E-state index in [4.69, 9.17) is 0 Å². The van der Waals surface area contributed by atoms with E-state index < -0.39 is 0 Å². The molecule has 1 amide bonds. The number of nitrogens with zero attached hydrogens (tertiary/aromatic N) is 4. The van der Waals surface area contributed by atoms with E-state index in [0.29, 0.717) is 18.9 Å². The summed E-state index contributed by atoms with van der Waals surface area (Å²) in [5.41, 5.74) is 5.05. The van der Waals surface area contributed by atoms with E-state index in [1.807, 2.05) is 36.2 Å². The van der Waals surface area contributed by atoms with Crippen LogP contribution in [-0.2, 0) is 11.2 Å². The highest BCUT2D eigenvalue weighted by Crippen LogP contribution is 2.37. The number of amides is 1. The third-order valence-electron chi connectivity index (χ3n) is 5.57. The molecule has 0 aliphatic carbocycles. The van der Waals surface area contributed by atoms with Gasteiger partial charge < -0.3 is 4.90 Å². The summed E-state index contributed by atoms with van der Waals surface area (Å²) in [7, 11) is 1.75. The van der Waals surface area contributed by atoms with Crippen molar-refractivity contribution >= 4 is 30.6 Å². The van der Waals surface area contributed by atoms with Gasteiger partial charge in [-0.1, -0.05) is 37.3 Å². The Morgan fingerprint density at radius 1 is 1.33 bits per heavy atom. The van der Waals surface area contributed by atoms with Crippen LogP contribution < -0.4 is 0 Å². The smallest absolute Gasteiger partial charge is 0.227 e. The molecule has 2 atom stereocenters. The lowest BCUT2D eigenvalue weighted by Gasteiger charge is -2.37. The Balaban J connectivity index is 1.91. The fourth-order valence-corrected chi connectivity index (χ4v) is 4.33. The topological polar surface area (TPSA) is 57.9 Å². The number of hydrogen-bond donors (Lipinski definition) is 0. The lowest BCUT2D eigenvalue weighted by Crippen LogP contribution is -2.43. The predicted molar refractivity (Wildman–Crippen MR) is 125 cm³/mol. The summed E-state index contributed by atoms with van der Waals surface area (Å²) >= 11 is 0. The SMILES string of the molecule is C=Nc1c(/C=N/C)ccc([C@@H]2CC(C)CN(C(=O)Cc3cccnc3)C2)c1/C=C\C. The van der Waals surface area contributed by atoms with Crippen molar-refractivity contribution in [1.29, 1.82) is 0 Å². The van der Waals surface area contributed by atoms with E-state index in [1.165, 1.54) is 5.56 Å². The van der Waals surface area contributed by atoms with Gasteiger partial charge in [-0.3, -0.25) is 19.8 Å². The zero-order valence-electron chi connectivity index (χ0n) is 18.1. The Hall–Kier alpha value is -3.08. The van der Waals surface area contributed by atoms with Crippen molar-refractivity contribution in [2.24, 2.45) is 15.9 Å². The molecule has 30 heavy (non-hydrogen) atoms. The quantitative estimate of drug-likeness (QED) is 0.658. The number of allylic oxidation sites excluding steroid dienone is 1. The van der Waals surface area contributed by atoms with Crippen LogP contribution in [0, 0.1) is 5.92 Å². The number of likely N-dealkylation sites (tertiary alicyclic amines) is 1. The zero-order chi connectivity index (χ0) is 21.5. The van der Waals surface area contributed by atoms with Crippen LogP contribution >= 0.6 is 0 Å². The minimum atomic E-state index is 0.156. The van der Waals surface area contributed by atoms with Crippen molar-refractivity contribution in [2.75, 3.05) is 20.1 Å². The normalized spacial score (nSPS) is 19.5. The van der Waals surface area contributed by atoms with Crippen LogP contribution in [0.1, 0.15) is 48.4 Å². The summed E-state index contributed by atoms with van der Waals surface area (Å²) in [6, 6.07) is 8.04. The molecule has 1 fully saturated rings. The first-order valence-electron chi connectivity index (χ1n) is 10.4. The third-order valence-corrected chi connectivity index (χ3v) is 5.57. The van der Waals surface area contributed by atoms with Crippen molar-refractivity contribution in [1.82, 2.24) is 9.88 Å². The molecule has 0 saturated carbocycles. The number of piperidine rings is 1. The Morgan fingerprint density at radius 3 is 2.83 bits per heavy atom. The fourth-order valence-electron chi connectivity index (χ4n) is 4.33. The Kier molecular flexibility index (Phi) is 7.28. The average Bonchev–Trinajstić information content (AvgIpc) is 2.74. The van der Waals surface area contributed by atoms with E-state index in [9.17, 15) is 4.79 Å². The maximum absolute atomic E-state index is 13.0. The van der Waals surface area contributed by atoms with Crippen LogP contribution in [0.4, 0.5) is 5.69 Å². The van der Waals surface area contributed by atoms with Gasteiger partial charge in [-0.05, 0) is 43.2 Å². The van der Waals surface area contributed by atoms with E-state index in [0.717, 1.165) is 35.3 Å². The number of rotatable bonds is 6. The van der Waals surface area contributed by atoms with E-state index >= 15 is 0 Å². The summed E-state index contributed by atoms with van der Waals surface area (Å²) in [5.74, 6) is 0.840. The number of benzene rings is 1. The monoisotopic (exact) mass is 402 g/mol. The maximum Gasteiger partial charge on any atom is 0.227 e. The molecule has 1 aromatic heterocycles. The molecule has 156 valence electrons. The number of aromatic nitrogens is 1. The summed E-state index contributed by atoms with van der Waals surface area (Å²) in [4.78, 5) is 27.6. The number of carbonyl (C=O) groups is 1. The number of pyridine rings is 1. The van der Waals surface area contributed by atoms with Gasteiger partial charge in [0.2, 0.25) is 5.91 Å². The molecular formula is C25H30N4O. The van der Waals surface area contributed by atoms with Gasteiger partial charge in [-0.15, -0.1) is 0 Å². The standard InChI is InChI=1S/C25H30N4O/c1-5-7-23-22(10-9-20(15-26-3)25(23)27-4)21-12-18(2)16-29(17-21)24(30)13-19-8-6-11-28-14-19/h5-11,14-15,18,21H,4,12-13,16-17H2,1-3H3/b7-5-,26-15+/t18?,21-/m1/s1. The summed E-state index contributed by atoms with van der Waals surface area (Å²) in [6.07, 6.45) is 10.9. The van der Waals surface area contributed by atoms with Crippen LogP contribution in [0.5, 0.6) is 0 Å². The molecule has 5 heteroatoms. The van der Waals surface area contributed by atoms with Gasteiger partial charge in [0.1, 0.15) is 0 Å². The first-order chi connectivity index (χ1) is 14.6. The lowest BCUT2D eigenvalue weighted by molar-refractivity contribution is -0.132. The third kappa shape index (κ3) is 4.90. The average molecular weight is 403 g/mol. The molecule has 1 saturated heterocycles. The minimum Gasteiger partial charge on any atom is -0.342 e. The Bertz CT molecular complexity index is 949. The van der Waals surface area contributed by atoms with Crippen molar-refractivity contribution < 1.29 is 4.79 Å². The Morgan fingerprint density at radius 2 is 2.17 bits per heavy atom. The molecule has 0 spiro atoms. The van der Waals surface area contributed by atoms with Crippen molar-refractivity contribution in [3.05, 3.63) is 65.0 Å². The molecule has 0 bridgehead atoms. The van der Waals surface area contributed by atoms with Gasteiger partial charge in [-0.2, -0.15) is 0 Å². The van der Waals surface area contributed by atoms with Crippen molar-refractivity contribution in [3.8, 4) is 0 Å². The predicted octanol–water partition coefficient (Wildman–Crippen LogP) is 4.69. The fraction of sp³-hybridized carbons (Fsp3) is 0.360. The van der Waals surface area contributed by atoms with Gasteiger partial charge in [-0.25, -0.2) is 0 Å². The summed E-state index contributed by atoms with van der Waals surface area (Å²) in [5, 5.41) is 0. The van der Waals surface area contributed by atoms with Crippen molar-refractivity contribution in [3.63, 3.8) is 0 Å². The van der Waals surface area contributed by atoms with Crippen LogP contribution in [-0.4, -0.2) is 48.9 Å². The second kappa shape index (κ2) is 10.1. The maximum atomic E-state index is 13.0. The van der Waals surface area contributed by atoms with Crippen LogP contribution in [0.2, 0.25) is 0 Å². The zero-order valence-corrected chi connectivity index (χ0v) is 18.1. The van der Waals surface area contributed by atoms with Crippen LogP contribution in [0.3, 0.4) is 0 Å². The molecule has 3 rings (SSSR count). The minimum absolute atomic E-state index is 0.156. The van der Waals surface area contributed by atoms with E-state index in [1.54, 1.807) is 19.4 Å². The number of aliphatic imine (C=N–C) groups is 2. The second-order valence-corrected chi connectivity index (χ2v) is 7.93. The molecule has 0 radical (unpaired) electrons. The van der Waals surface area contributed by atoms with Crippen LogP contribution in [0.25, 0.3) is 6.08 Å². The molecule has 2 heterocycles. The first-order valence-corrected chi connectivity index (χ1v) is 10.4. The molecule has 1 unspecified atom stereocenters. The molecule has 0 N–H and O–H groups in total. The van der Waals surface area contributed by atoms with Crippen molar-refractivity contribution in [2.45, 2.75) is 32.6 Å². The molecule has 2 aromatic rings. The summed E-state index contributed by atoms with van der Waals surface area (Å²) < 4.78 is 0. The number of hydrogen-bond acceptors (Lipinski definition) is 4. The van der Waals surface area contributed by atoms with Gasteiger partial charge in [0.25, 0.3) is 0 Å². The molecule has 1 aliphatic heterocycles. The number of carbonyl (C=O) groups excluding carboxylic acids is 1. The van der Waals surface area contributed by atoms with Gasteiger partial charge in [0.15, 0.2) is 0 Å². The lowest BCUT2D eigenvalue weighted by atomic mass is 9.82. The Labute approximate surface area is 179 Å². The summed E-state index contributed by atoms with van der Waals surface area (Å²) in [6.45, 7) is 9.52. The molecule has 5 nitrogen and oxygen atoms in total. The molecule has 1 aromatic carbocycles. The highest BCUT2D eigenvalue weighted by Gasteiger charge is 2.30. The van der Waals surface area contributed by atoms with Gasteiger partial charge in [0, 0.05) is 55.8 Å². The highest BCUT2D eigenvalue weighted by atomic mass is 16.2. The van der Waals surface area contributed by atoms with E-state index in [2.05, 4.69) is 46.8 Å². The highest BCUT2D eigenvalue weighted by molar-refractivity contribution is 5.91. The van der Waals surface area contributed by atoms with Gasteiger partial charge in [0.05, 0.1) is 12.1 Å². The van der Waals surface area contributed by atoms with Gasteiger partial charge >= 0.3 is 0 Å². The van der Waals surface area contributed by atoms with Crippen LogP contribution in [0.15, 0.2) is 52.7 Å².